The number of pyridine rings is 1. The fraction of sp³-hybridized carbons (Fsp3) is 0.185. The number of aromatic amines is 1. The summed E-state index contributed by atoms with van der Waals surface area (Å²) in [7, 11) is 0. The number of carbonyl (C=O) groups is 1. The van der Waals surface area contributed by atoms with E-state index in [0.29, 0.717) is 23.3 Å². The number of hydrogen-bond donors (Lipinski definition) is 2. The van der Waals surface area contributed by atoms with Crippen molar-refractivity contribution in [3.63, 3.8) is 0 Å². The van der Waals surface area contributed by atoms with Crippen molar-refractivity contribution >= 4 is 23.2 Å². The number of nitrogens with zero attached hydrogens (tertiary/aromatic N) is 6. The first-order valence-electron chi connectivity index (χ1n) is 12.3. The molecular weight excluding hydrogens is 504 g/mol. The van der Waals surface area contributed by atoms with Gasteiger partial charge in [-0.05, 0) is 75.9 Å². The van der Waals surface area contributed by atoms with E-state index in [0.717, 1.165) is 57.3 Å². The van der Waals surface area contributed by atoms with Gasteiger partial charge in [-0.15, -0.1) is 5.10 Å². The monoisotopic (exact) mass is 522 g/mol. The van der Waals surface area contributed by atoms with Crippen molar-refractivity contribution in [1.82, 2.24) is 34.7 Å². The van der Waals surface area contributed by atoms with Crippen molar-refractivity contribution in [1.29, 1.82) is 0 Å². The molecule has 5 aromatic rings. The Morgan fingerprint density at radius 1 is 1.03 bits per heavy atom. The summed E-state index contributed by atoms with van der Waals surface area (Å²) in [5.74, 6) is 1.39. The number of H-pyrrole nitrogens is 1. The molecule has 1 saturated carbocycles. The van der Waals surface area contributed by atoms with Crippen LogP contribution in [0.2, 0.25) is 5.02 Å². The van der Waals surface area contributed by atoms with E-state index in [-0.39, 0.29) is 17.5 Å². The van der Waals surface area contributed by atoms with Gasteiger partial charge < -0.3 is 14.9 Å². The van der Waals surface area contributed by atoms with Gasteiger partial charge in [0.2, 0.25) is 5.91 Å². The third-order valence-corrected chi connectivity index (χ3v) is 8.02. The van der Waals surface area contributed by atoms with Crippen molar-refractivity contribution in [2.75, 3.05) is 5.32 Å². The molecule has 186 valence electrons. The van der Waals surface area contributed by atoms with E-state index in [9.17, 15) is 9.59 Å². The molecule has 5 heterocycles. The maximum atomic E-state index is 13.6. The van der Waals surface area contributed by atoms with Crippen LogP contribution in [0.25, 0.3) is 28.1 Å². The van der Waals surface area contributed by atoms with Crippen molar-refractivity contribution < 1.29 is 4.79 Å². The maximum absolute atomic E-state index is 13.6. The van der Waals surface area contributed by atoms with Gasteiger partial charge in [-0.3, -0.25) is 9.59 Å². The molecule has 3 atom stereocenters. The Labute approximate surface area is 220 Å². The number of hydrogen-bond acceptors (Lipinski definition) is 6. The molecule has 1 amide bonds. The lowest BCUT2D eigenvalue weighted by Gasteiger charge is -2.18. The Morgan fingerprint density at radius 2 is 1.95 bits per heavy atom. The Bertz CT molecular complexity index is 1840. The lowest BCUT2D eigenvalue weighted by molar-refractivity contribution is -0.115. The van der Waals surface area contributed by atoms with E-state index in [2.05, 4.69) is 31.9 Å². The van der Waals surface area contributed by atoms with Crippen LogP contribution in [0.1, 0.15) is 35.5 Å². The summed E-state index contributed by atoms with van der Waals surface area (Å²) in [4.78, 5) is 33.5. The van der Waals surface area contributed by atoms with Gasteiger partial charge in [0.05, 0.1) is 30.0 Å². The molecule has 0 saturated heterocycles. The van der Waals surface area contributed by atoms with Crippen LogP contribution >= 0.6 is 11.6 Å². The molecule has 1 aliphatic carbocycles. The predicted molar refractivity (Wildman–Crippen MR) is 139 cm³/mol. The molecule has 1 fully saturated rings. The molecule has 0 bridgehead atoms. The van der Waals surface area contributed by atoms with Crippen LogP contribution in [-0.4, -0.2) is 40.6 Å². The van der Waals surface area contributed by atoms with E-state index in [1.54, 1.807) is 23.0 Å². The summed E-state index contributed by atoms with van der Waals surface area (Å²) in [6.07, 6.45) is 4.71. The van der Waals surface area contributed by atoms with E-state index in [4.69, 9.17) is 16.6 Å². The fourth-order valence-electron chi connectivity index (χ4n) is 6.00. The van der Waals surface area contributed by atoms with E-state index in [1.165, 1.54) is 6.33 Å². The van der Waals surface area contributed by atoms with Crippen LogP contribution < -0.4 is 10.9 Å². The second-order valence-corrected chi connectivity index (χ2v) is 10.5. The van der Waals surface area contributed by atoms with Gasteiger partial charge in [0.1, 0.15) is 12.2 Å². The molecule has 2 aliphatic heterocycles. The number of benzene rings is 2. The number of fused-ring (bicyclic) bond motifs is 4. The first-order chi connectivity index (χ1) is 18.5. The molecule has 38 heavy (non-hydrogen) atoms. The Balaban J connectivity index is 1.18. The first kappa shape index (κ1) is 21.5. The summed E-state index contributed by atoms with van der Waals surface area (Å²) < 4.78 is 3.44. The zero-order valence-electron chi connectivity index (χ0n) is 19.8. The minimum Gasteiger partial charge on any atom is -0.340 e. The van der Waals surface area contributed by atoms with Crippen LogP contribution in [0.15, 0.2) is 65.8 Å². The minimum absolute atomic E-state index is 0.00591. The number of anilines is 1. The van der Waals surface area contributed by atoms with Crippen molar-refractivity contribution in [3.05, 3.63) is 93.5 Å². The number of aromatic nitrogens is 7. The highest BCUT2D eigenvalue weighted by Gasteiger charge is 2.54. The summed E-state index contributed by atoms with van der Waals surface area (Å²) in [6, 6.07) is 14.9. The third-order valence-electron chi connectivity index (χ3n) is 7.78. The predicted octanol–water partition coefficient (Wildman–Crippen LogP) is 3.74. The molecule has 3 aliphatic rings. The number of carbonyl (C=O) groups excluding carboxylic acids is 1. The standard InChI is InChI=1S/C27H19ClN8O2/c28-16-2-4-22(35-12-30-33-34-35)17(9-16)14-6-23-18-10-19(18)26(36(23)25(38)8-14)27-29-11-21(32-27)13-1-3-20-15(5-13)7-24(37)31-20/h1-6,8-9,11-12,18-19,26H,7,10H2,(H,29,32)(H,31,37)/t18-,19+,26+/m1/s1. The lowest BCUT2D eigenvalue weighted by atomic mass is 10.0. The molecular formula is C27H19ClN8O2. The van der Waals surface area contributed by atoms with E-state index >= 15 is 0 Å². The number of nitrogens with one attached hydrogen (secondary N) is 2. The van der Waals surface area contributed by atoms with Gasteiger partial charge in [0.15, 0.2) is 0 Å². The van der Waals surface area contributed by atoms with Gasteiger partial charge in [-0.2, -0.15) is 4.68 Å². The zero-order valence-corrected chi connectivity index (χ0v) is 20.6. The number of tetrazole rings is 1. The summed E-state index contributed by atoms with van der Waals surface area (Å²) >= 11 is 6.34. The minimum atomic E-state index is -0.152. The second-order valence-electron chi connectivity index (χ2n) is 10.0. The number of imidazole rings is 1. The fourth-order valence-corrected chi connectivity index (χ4v) is 6.17. The topological polar surface area (TPSA) is 123 Å². The van der Waals surface area contributed by atoms with Crippen molar-refractivity contribution in [2.45, 2.75) is 24.8 Å². The summed E-state index contributed by atoms with van der Waals surface area (Å²) in [5.41, 5.74) is 6.89. The Hall–Kier alpha value is -4.57. The normalized spacial score (nSPS) is 20.7. The van der Waals surface area contributed by atoms with Crippen LogP contribution in [0, 0.1) is 5.92 Å². The van der Waals surface area contributed by atoms with Crippen LogP contribution in [0.4, 0.5) is 5.69 Å². The van der Waals surface area contributed by atoms with Gasteiger partial charge >= 0.3 is 0 Å². The van der Waals surface area contributed by atoms with Gasteiger partial charge in [-0.25, -0.2) is 4.98 Å². The lowest BCUT2D eigenvalue weighted by Crippen LogP contribution is -2.26. The van der Waals surface area contributed by atoms with Crippen molar-refractivity contribution in [3.8, 4) is 28.1 Å². The van der Waals surface area contributed by atoms with Crippen LogP contribution in [0.3, 0.4) is 0 Å². The second kappa shape index (κ2) is 7.72. The number of halogens is 1. The first-order valence-corrected chi connectivity index (χ1v) is 12.7. The van der Waals surface area contributed by atoms with Crippen LogP contribution in [0.5, 0.6) is 0 Å². The van der Waals surface area contributed by atoms with Crippen molar-refractivity contribution in [2.24, 2.45) is 5.92 Å². The average Bonchev–Trinajstić information content (AvgIpc) is 3.34. The Morgan fingerprint density at radius 3 is 2.82 bits per heavy atom. The van der Waals surface area contributed by atoms with Gasteiger partial charge in [-0.1, -0.05) is 17.7 Å². The molecule has 2 aromatic carbocycles. The molecule has 8 rings (SSSR count). The molecule has 3 aromatic heterocycles. The van der Waals surface area contributed by atoms with E-state index in [1.807, 2.05) is 34.9 Å². The SMILES string of the molecule is O=C1Cc2cc(-c3cnc([C@@H]4[C@H]5C[C@H]5c5cc(-c6cc(Cl)ccc6-n6cnnn6)cc(=O)n54)[nH]3)ccc2N1. The highest BCUT2D eigenvalue weighted by atomic mass is 35.5. The number of amides is 1. The smallest absolute Gasteiger partial charge is 0.252 e. The zero-order chi connectivity index (χ0) is 25.5. The number of rotatable bonds is 4. The maximum Gasteiger partial charge on any atom is 0.252 e. The third kappa shape index (κ3) is 3.20. The largest absolute Gasteiger partial charge is 0.340 e. The van der Waals surface area contributed by atoms with Crippen LogP contribution in [-0.2, 0) is 11.2 Å². The molecule has 11 heteroatoms. The molecule has 2 N–H and O–H groups in total. The molecule has 10 nitrogen and oxygen atoms in total. The molecule has 0 spiro atoms. The highest BCUT2D eigenvalue weighted by Crippen LogP contribution is 2.60. The average molecular weight is 523 g/mol. The summed E-state index contributed by atoms with van der Waals surface area (Å²) in [6.45, 7) is 0. The quantitative estimate of drug-likeness (QED) is 0.370. The van der Waals surface area contributed by atoms with Gasteiger partial charge in [0.25, 0.3) is 5.56 Å². The molecule has 0 unspecified atom stereocenters. The highest BCUT2D eigenvalue weighted by molar-refractivity contribution is 6.31. The molecule has 0 radical (unpaired) electrons. The summed E-state index contributed by atoms with van der Waals surface area (Å²) in [5, 5.41) is 14.9. The Kier molecular flexibility index (Phi) is 4.37. The van der Waals surface area contributed by atoms with E-state index < -0.39 is 0 Å². The van der Waals surface area contributed by atoms with Gasteiger partial charge in [0, 0.05) is 34.0 Å².